The first-order chi connectivity index (χ1) is 12.5. The van der Waals surface area contributed by atoms with Gasteiger partial charge in [0.05, 0.1) is 24.3 Å². The molecule has 1 aliphatic heterocycles. The summed E-state index contributed by atoms with van der Waals surface area (Å²) in [6.45, 7) is 0.597. The summed E-state index contributed by atoms with van der Waals surface area (Å²) in [6, 6.07) is 7.18. The molecule has 2 heterocycles. The average Bonchev–Trinajstić information content (AvgIpc) is 3.04. The van der Waals surface area contributed by atoms with Crippen LogP contribution in [0.1, 0.15) is 16.8 Å². The lowest BCUT2D eigenvalue weighted by molar-refractivity contribution is 0.190. The summed E-state index contributed by atoms with van der Waals surface area (Å²) in [4.78, 5) is 13.9. The molecular weight excluding hydrogens is 362 g/mol. The molecule has 2 aromatic carbocycles. The van der Waals surface area contributed by atoms with Gasteiger partial charge >= 0.3 is 6.03 Å². The van der Waals surface area contributed by atoms with Crippen molar-refractivity contribution in [2.45, 2.75) is 19.5 Å². The monoisotopic (exact) mass is 376 g/mol. The van der Waals surface area contributed by atoms with Gasteiger partial charge in [-0.05, 0) is 42.3 Å². The molecule has 0 saturated carbocycles. The van der Waals surface area contributed by atoms with Gasteiger partial charge in [-0.25, -0.2) is 13.6 Å². The molecule has 0 unspecified atom stereocenters. The maximum absolute atomic E-state index is 14.0. The van der Waals surface area contributed by atoms with Gasteiger partial charge in [0, 0.05) is 22.5 Å². The minimum absolute atomic E-state index is 0.0420. The van der Waals surface area contributed by atoms with Gasteiger partial charge in [-0.15, -0.1) is 0 Å². The lowest BCUT2D eigenvalue weighted by Crippen LogP contribution is -2.43. The van der Waals surface area contributed by atoms with Crippen molar-refractivity contribution in [3.8, 4) is 0 Å². The highest BCUT2D eigenvalue weighted by molar-refractivity contribution is 6.31. The highest BCUT2D eigenvalue weighted by Gasteiger charge is 2.25. The Morgan fingerprint density at radius 1 is 1.23 bits per heavy atom. The number of hydrogen-bond acceptors (Lipinski definition) is 2. The number of halogens is 3. The molecule has 1 aromatic heterocycles. The van der Waals surface area contributed by atoms with E-state index in [1.165, 1.54) is 4.90 Å². The van der Waals surface area contributed by atoms with Gasteiger partial charge in [-0.1, -0.05) is 11.6 Å². The molecule has 8 heteroatoms. The zero-order chi connectivity index (χ0) is 18.3. The first kappa shape index (κ1) is 16.8. The second kappa shape index (κ2) is 6.57. The second-order valence-electron chi connectivity index (χ2n) is 6.18. The predicted molar refractivity (Wildman–Crippen MR) is 93.8 cm³/mol. The van der Waals surface area contributed by atoms with Gasteiger partial charge in [-0.3, -0.25) is 5.10 Å². The molecule has 2 N–H and O–H groups in total. The van der Waals surface area contributed by atoms with Gasteiger partial charge in [0.15, 0.2) is 0 Å². The van der Waals surface area contributed by atoms with E-state index in [1.54, 1.807) is 18.2 Å². The van der Waals surface area contributed by atoms with Gasteiger partial charge < -0.3 is 10.2 Å². The molecule has 4 rings (SSSR count). The van der Waals surface area contributed by atoms with Crippen molar-refractivity contribution in [2.75, 3.05) is 6.54 Å². The van der Waals surface area contributed by atoms with Crippen LogP contribution in [-0.2, 0) is 19.5 Å². The zero-order valence-electron chi connectivity index (χ0n) is 13.7. The summed E-state index contributed by atoms with van der Waals surface area (Å²) in [6.07, 6.45) is 0.287. The van der Waals surface area contributed by atoms with Crippen molar-refractivity contribution in [2.24, 2.45) is 0 Å². The van der Waals surface area contributed by atoms with E-state index in [0.29, 0.717) is 17.1 Å². The SMILES string of the molecule is O=C(NCc1[nH]nc2ccc(Cl)cc12)N1CCc2c(F)ccc(F)c2C1. The first-order valence-corrected chi connectivity index (χ1v) is 8.52. The number of benzene rings is 2. The second-order valence-corrected chi connectivity index (χ2v) is 6.62. The summed E-state index contributed by atoms with van der Waals surface area (Å²) in [5, 5.41) is 11.2. The number of aromatic amines is 1. The number of fused-ring (bicyclic) bond motifs is 2. The first-order valence-electron chi connectivity index (χ1n) is 8.14. The number of rotatable bonds is 2. The largest absolute Gasteiger partial charge is 0.332 e. The Morgan fingerprint density at radius 3 is 2.81 bits per heavy atom. The molecule has 0 aliphatic carbocycles. The number of carbonyl (C=O) groups excluding carboxylic acids is 1. The van der Waals surface area contributed by atoms with Crippen molar-refractivity contribution < 1.29 is 13.6 Å². The van der Waals surface area contributed by atoms with E-state index in [9.17, 15) is 13.6 Å². The fraction of sp³-hybridized carbons (Fsp3) is 0.222. The third kappa shape index (κ3) is 2.99. The number of nitrogens with zero attached hydrogens (tertiary/aromatic N) is 2. The Morgan fingerprint density at radius 2 is 2.00 bits per heavy atom. The number of aromatic nitrogens is 2. The van der Waals surface area contributed by atoms with Crippen LogP contribution < -0.4 is 5.32 Å². The standard InChI is InChI=1S/C18H15ClF2N4O/c19-10-1-4-16-12(7-10)17(24-23-16)8-22-18(26)25-6-5-11-13(9-25)15(21)3-2-14(11)20/h1-4,7H,5-6,8-9H2,(H,22,26)(H,23,24). The molecule has 0 radical (unpaired) electrons. The number of hydrogen-bond donors (Lipinski definition) is 2. The molecule has 0 spiro atoms. The van der Waals surface area contributed by atoms with Crippen LogP contribution in [0.25, 0.3) is 10.9 Å². The molecule has 5 nitrogen and oxygen atoms in total. The molecule has 134 valence electrons. The quantitative estimate of drug-likeness (QED) is 0.715. The molecule has 2 amide bonds. The fourth-order valence-corrected chi connectivity index (χ4v) is 3.39. The summed E-state index contributed by atoms with van der Waals surface area (Å²) in [5.41, 5.74) is 2.07. The molecule has 0 fully saturated rings. The van der Waals surface area contributed by atoms with Crippen LogP contribution in [0.15, 0.2) is 30.3 Å². The molecule has 3 aromatic rings. The number of amides is 2. The van der Waals surface area contributed by atoms with E-state index < -0.39 is 11.6 Å². The van der Waals surface area contributed by atoms with Crippen LogP contribution in [0, 0.1) is 11.6 Å². The van der Waals surface area contributed by atoms with E-state index >= 15 is 0 Å². The zero-order valence-corrected chi connectivity index (χ0v) is 14.4. The number of H-pyrrole nitrogens is 1. The molecular formula is C18H15ClF2N4O. The molecule has 0 bridgehead atoms. The molecule has 26 heavy (non-hydrogen) atoms. The van der Waals surface area contributed by atoms with Gasteiger partial charge in [0.2, 0.25) is 0 Å². The Balaban J connectivity index is 1.47. The predicted octanol–water partition coefficient (Wildman–Crippen LogP) is 3.76. The van der Waals surface area contributed by atoms with Gasteiger partial charge in [0.25, 0.3) is 0 Å². The maximum Gasteiger partial charge on any atom is 0.318 e. The molecule has 0 saturated heterocycles. The lowest BCUT2D eigenvalue weighted by atomic mass is 9.99. The average molecular weight is 377 g/mol. The van der Waals surface area contributed by atoms with Crippen molar-refractivity contribution in [1.29, 1.82) is 0 Å². The van der Waals surface area contributed by atoms with Crippen LogP contribution in [0.2, 0.25) is 5.02 Å². The summed E-state index contributed by atoms with van der Waals surface area (Å²) in [5.74, 6) is -0.921. The fourth-order valence-electron chi connectivity index (χ4n) is 3.21. The highest BCUT2D eigenvalue weighted by atomic mass is 35.5. The Hall–Kier alpha value is -2.67. The number of nitrogens with one attached hydrogen (secondary N) is 2. The van der Waals surface area contributed by atoms with Gasteiger partial charge in [-0.2, -0.15) is 5.10 Å². The molecule has 1 aliphatic rings. The van der Waals surface area contributed by atoms with E-state index in [0.717, 1.165) is 28.7 Å². The van der Waals surface area contributed by atoms with Crippen molar-refractivity contribution in [1.82, 2.24) is 20.4 Å². The Kier molecular flexibility index (Phi) is 4.24. The smallest absolute Gasteiger partial charge is 0.318 e. The van der Waals surface area contributed by atoms with E-state index in [4.69, 9.17) is 11.6 Å². The van der Waals surface area contributed by atoms with E-state index in [2.05, 4.69) is 15.5 Å². The van der Waals surface area contributed by atoms with Crippen molar-refractivity contribution in [3.63, 3.8) is 0 Å². The molecule has 0 atom stereocenters. The summed E-state index contributed by atoms with van der Waals surface area (Å²) < 4.78 is 27.7. The van der Waals surface area contributed by atoms with Crippen LogP contribution in [-0.4, -0.2) is 27.7 Å². The van der Waals surface area contributed by atoms with Crippen LogP contribution in [0.5, 0.6) is 0 Å². The lowest BCUT2D eigenvalue weighted by Gasteiger charge is -2.29. The third-order valence-electron chi connectivity index (χ3n) is 4.60. The van der Waals surface area contributed by atoms with Crippen LogP contribution >= 0.6 is 11.6 Å². The summed E-state index contributed by atoms with van der Waals surface area (Å²) in [7, 11) is 0. The minimum atomic E-state index is -0.492. The topological polar surface area (TPSA) is 61.0 Å². The van der Waals surface area contributed by atoms with Crippen LogP contribution in [0.3, 0.4) is 0 Å². The summed E-state index contributed by atoms with van der Waals surface area (Å²) >= 11 is 6.00. The van der Waals surface area contributed by atoms with E-state index in [-0.39, 0.29) is 31.1 Å². The van der Waals surface area contributed by atoms with Gasteiger partial charge in [0.1, 0.15) is 11.6 Å². The Labute approximate surface area is 152 Å². The number of urea groups is 1. The minimum Gasteiger partial charge on any atom is -0.332 e. The van der Waals surface area contributed by atoms with Crippen molar-refractivity contribution >= 4 is 28.5 Å². The maximum atomic E-state index is 14.0. The van der Waals surface area contributed by atoms with Crippen molar-refractivity contribution in [3.05, 3.63) is 63.8 Å². The van der Waals surface area contributed by atoms with Crippen LogP contribution in [0.4, 0.5) is 13.6 Å². The van der Waals surface area contributed by atoms with E-state index in [1.807, 2.05) is 0 Å². The Bertz CT molecular complexity index is 1000. The third-order valence-corrected chi connectivity index (χ3v) is 4.83. The highest BCUT2D eigenvalue weighted by Crippen LogP contribution is 2.25. The number of carbonyl (C=O) groups is 1. The normalized spacial score (nSPS) is 13.7.